The Labute approximate surface area is 212 Å². The second-order valence-electron chi connectivity index (χ2n) is 9.03. The number of carbonyl (C=O) groups excluding carboxylic acids is 2. The summed E-state index contributed by atoms with van der Waals surface area (Å²) < 4.78 is 5.68. The molecule has 0 saturated carbocycles. The Kier molecular flexibility index (Phi) is 7.52. The number of aromatic nitrogens is 2. The van der Waals surface area contributed by atoms with Crippen LogP contribution in [0.4, 0.5) is 5.69 Å². The molecule has 3 heterocycles. The van der Waals surface area contributed by atoms with Gasteiger partial charge in [0.05, 0.1) is 17.7 Å². The van der Waals surface area contributed by atoms with Crippen molar-refractivity contribution in [3.63, 3.8) is 0 Å². The number of ether oxygens (including phenoxy) is 1. The molecule has 1 aromatic carbocycles. The maximum Gasteiger partial charge on any atom is 0.255 e. The molecular weight excluding hydrogens is 454 g/mol. The van der Waals surface area contributed by atoms with E-state index in [1.54, 1.807) is 12.4 Å². The lowest BCUT2D eigenvalue weighted by atomic mass is 9.99. The van der Waals surface area contributed by atoms with Gasteiger partial charge in [-0.1, -0.05) is 13.0 Å². The molecule has 8 heteroatoms. The third kappa shape index (κ3) is 5.03. The first-order valence-electron chi connectivity index (χ1n) is 12.3. The molecule has 0 aliphatic carbocycles. The van der Waals surface area contributed by atoms with Crippen LogP contribution in [0.1, 0.15) is 52.2 Å². The molecule has 2 amide bonds. The van der Waals surface area contributed by atoms with Gasteiger partial charge in [-0.3, -0.25) is 14.6 Å². The summed E-state index contributed by atoms with van der Waals surface area (Å²) in [5.41, 5.74) is 11.1. The van der Waals surface area contributed by atoms with Gasteiger partial charge in [0.1, 0.15) is 0 Å². The van der Waals surface area contributed by atoms with Crippen LogP contribution in [-0.2, 0) is 0 Å². The maximum absolute atomic E-state index is 13.3. The number of aryl methyl sites for hydroxylation is 2. The third-order valence-electron chi connectivity index (χ3n) is 6.65. The number of pyridine rings is 2. The highest BCUT2D eigenvalue weighted by molar-refractivity contribution is 6.00. The van der Waals surface area contributed by atoms with Crippen LogP contribution in [0.3, 0.4) is 0 Å². The number of piperazine rings is 1. The quantitative estimate of drug-likeness (QED) is 0.541. The zero-order chi connectivity index (χ0) is 25.8. The molecule has 3 aromatic rings. The molecule has 36 heavy (non-hydrogen) atoms. The summed E-state index contributed by atoms with van der Waals surface area (Å²) in [6, 6.07) is 11.4. The van der Waals surface area contributed by atoms with E-state index in [1.165, 1.54) is 0 Å². The van der Waals surface area contributed by atoms with Crippen molar-refractivity contribution in [3.05, 3.63) is 71.2 Å². The van der Waals surface area contributed by atoms with Crippen molar-refractivity contribution < 1.29 is 14.3 Å². The van der Waals surface area contributed by atoms with Crippen molar-refractivity contribution in [3.8, 4) is 17.0 Å². The van der Waals surface area contributed by atoms with Gasteiger partial charge < -0.3 is 20.3 Å². The molecule has 0 radical (unpaired) electrons. The van der Waals surface area contributed by atoms with Crippen molar-refractivity contribution >= 4 is 17.5 Å². The van der Waals surface area contributed by atoms with Crippen molar-refractivity contribution in [1.82, 2.24) is 14.9 Å². The lowest BCUT2D eigenvalue weighted by Gasteiger charge is -2.43. The first kappa shape index (κ1) is 25.2. The van der Waals surface area contributed by atoms with Gasteiger partial charge in [-0.2, -0.15) is 0 Å². The van der Waals surface area contributed by atoms with E-state index in [0.717, 1.165) is 34.5 Å². The fourth-order valence-electron chi connectivity index (χ4n) is 4.81. The number of hydrogen-bond donors (Lipinski definition) is 1. The van der Waals surface area contributed by atoms with Crippen LogP contribution in [0.25, 0.3) is 11.1 Å². The topological polar surface area (TPSA) is 102 Å². The minimum Gasteiger partial charge on any atom is -0.478 e. The lowest BCUT2D eigenvalue weighted by Crippen LogP contribution is -2.55. The molecule has 0 unspecified atom stereocenters. The third-order valence-corrected chi connectivity index (χ3v) is 6.65. The van der Waals surface area contributed by atoms with Crippen molar-refractivity contribution in [2.45, 2.75) is 40.2 Å². The molecule has 1 aliphatic rings. The minimum atomic E-state index is -0.497. The van der Waals surface area contributed by atoms with Crippen LogP contribution in [0, 0.1) is 13.8 Å². The number of nitrogens with two attached hydrogens (primary N) is 1. The second-order valence-corrected chi connectivity index (χ2v) is 9.03. The van der Waals surface area contributed by atoms with Crippen LogP contribution in [0.2, 0.25) is 0 Å². The van der Waals surface area contributed by atoms with Crippen LogP contribution in [0.5, 0.6) is 5.88 Å². The smallest absolute Gasteiger partial charge is 0.255 e. The molecule has 2 aromatic heterocycles. The summed E-state index contributed by atoms with van der Waals surface area (Å²) >= 11 is 0. The van der Waals surface area contributed by atoms with E-state index >= 15 is 0 Å². The molecule has 1 fully saturated rings. The fourth-order valence-corrected chi connectivity index (χ4v) is 4.81. The number of benzene rings is 1. The van der Waals surface area contributed by atoms with E-state index in [1.807, 2.05) is 62.1 Å². The Bertz CT molecular complexity index is 1280. The van der Waals surface area contributed by atoms with Crippen LogP contribution in [-0.4, -0.2) is 59.0 Å². The normalized spacial score (nSPS) is 15.6. The Balaban J connectivity index is 1.62. The first-order chi connectivity index (χ1) is 17.3. The number of amides is 2. The Morgan fingerprint density at radius 1 is 1.08 bits per heavy atom. The van der Waals surface area contributed by atoms with Gasteiger partial charge in [-0.05, 0) is 68.7 Å². The predicted octanol–water partition coefficient (Wildman–Crippen LogP) is 4.00. The molecule has 0 bridgehead atoms. The molecule has 188 valence electrons. The molecule has 2 N–H and O–H groups in total. The van der Waals surface area contributed by atoms with Crippen LogP contribution < -0.4 is 15.4 Å². The molecule has 1 aliphatic heterocycles. The fraction of sp³-hybridized carbons (Fsp3) is 0.357. The molecule has 0 spiro atoms. The number of carbonyl (C=O) groups is 2. The van der Waals surface area contributed by atoms with Crippen LogP contribution in [0.15, 0.2) is 48.8 Å². The van der Waals surface area contributed by atoms with Gasteiger partial charge in [0, 0.05) is 55.0 Å². The highest BCUT2D eigenvalue weighted by Gasteiger charge is 2.31. The minimum absolute atomic E-state index is 0.0106. The van der Waals surface area contributed by atoms with Crippen molar-refractivity contribution in [1.29, 1.82) is 0 Å². The highest BCUT2D eigenvalue weighted by atomic mass is 16.5. The number of rotatable bonds is 7. The van der Waals surface area contributed by atoms with Crippen molar-refractivity contribution in [2.24, 2.45) is 5.73 Å². The monoisotopic (exact) mass is 487 g/mol. The maximum atomic E-state index is 13.3. The number of primary amides is 1. The van der Waals surface area contributed by atoms with E-state index in [4.69, 9.17) is 10.5 Å². The summed E-state index contributed by atoms with van der Waals surface area (Å²) in [6.45, 7) is 10.0. The highest BCUT2D eigenvalue weighted by Crippen LogP contribution is 2.34. The SMILES string of the molecule is CCOc1ncccc1-c1ccc(N2CCN(C(=O)c3cnc(C)cc3C)C[C@H]2CC)c(C(N)=O)c1. The second kappa shape index (κ2) is 10.8. The van der Waals surface area contributed by atoms with Gasteiger partial charge in [-0.15, -0.1) is 0 Å². The Morgan fingerprint density at radius 2 is 1.89 bits per heavy atom. The van der Waals surface area contributed by atoms with Gasteiger partial charge >= 0.3 is 0 Å². The summed E-state index contributed by atoms with van der Waals surface area (Å²) in [7, 11) is 0. The van der Waals surface area contributed by atoms with Crippen LogP contribution >= 0.6 is 0 Å². The summed E-state index contributed by atoms with van der Waals surface area (Å²) in [5.74, 6) is 0.00892. The van der Waals surface area contributed by atoms with E-state index in [9.17, 15) is 9.59 Å². The van der Waals surface area contributed by atoms with E-state index in [0.29, 0.717) is 43.2 Å². The summed E-state index contributed by atoms with van der Waals surface area (Å²) in [4.78, 5) is 38.5. The standard InChI is InChI=1S/C28H33N5O3/c1-5-21-17-32(28(35)24-16-31-19(4)14-18(24)3)12-13-33(21)25-10-9-20(15-23(25)26(29)34)22-8-7-11-30-27(22)36-6-2/h7-11,14-16,21H,5-6,12-13,17H2,1-4H3,(H2,29,34)/t21-/m1/s1. The van der Waals surface area contributed by atoms with E-state index < -0.39 is 5.91 Å². The Morgan fingerprint density at radius 3 is 2.58 bits per heavy atom. The van der Waals surface area contributed by atoms with Gasteiger partial charge in [0.15, 0.2) is 0 Å². The molecule has 1 saturated heterocycles. The average molecular weight is 488 g/mol. The number of nitrogens with zero attached hydrogens (tertiary/aromatic N) is 4. The van der Waals surface area contributed by atoms with E-state index in [2.05, 4.69) is 21.8 Å². The molecule has 1 atom stereocenters. The molecular formula is C28H33N5O3. The van der Waals surface area contributed by atoms with E-state index in [-0.39, 0.29) is 11.9 Å². The van der Waals surface area contributed by atoms with Crippen molar-refractivity contribution in [2.75, 3.05) is 31.1 Å². The molecule has 8 nitrogen and oxygen atoms in total. The van der Waals surface area contributed by atoms with Gasteiger partial charge in [-0.25, -0.2) is 4.98 Å². The zero-order valence-electron chi connectivity index (χ0n) is 21.3. The number of anilines is 1. The predicted molar refractivity (Wildman–Crippen MR) is 140 cm³/mol. The summed E-state index contributed by atoms with van der Waals surface area (Å²) in [6.07, 6.45) is 4.16. The lowest BCUT2D eigenvalue weighted by molar-refractivity contribution is 0.0719. The van der Waals surface area contributed by atoms with Gasteiger partial charge in [0.25, 0.3) is 11.8 Å². The molecule has 4 rings (SSSR count). The number of hydrogen-bond acceptors (Lipinski definition) is 6. The average Bonchev–Trinajstić information content (AvgIpc) is 2.88. The summed E-state index contributed by atoms with van der Waals surface area (Å²) in [5, 5.41) is 0. The largest absolute Gasteiger partial charge is 0.478 e. The Hall–Kier alpha value is -3.94. The first-order valence-corrected chi connectivity index (χ1v) is 12.3. The van der Waals surface area contributed by atoms with Gasteiger partial charge in [0.2, 0.25) is 5.88 Å². The zero-order valence-corrected chi connectivity index (χ0v) is 21.3.